The molecule has 0 aromatic heterocycles. The predicted octanol–water partition coefficient (Wildman–Crippen LogP) is 2.79. The number of hydrogen-bond donors (Lipinski definition) is 0. The van der Waals surface area contributed by atoms with Gasteiger partial charge in [0.15, 0.2) is 0 Å². The number of benzene rings is 1. The van der Waals surface area contributed by atoms with Crippen molar-refractivity contribution in [2.45, 2.75) is 6.92 Å². The molecule has 1 aromatic carbocycles. The molecule has 0 N–H and O–H groups in total. The maximum Gasteiger partial charge on any atom is 0.224 e. The van der Waals surface area contributed by atoms with E-state index < -0.39 is 0 Å². The van der Waals surface area contributed by atoms with Crippen molar-refractivity contribution in [1.82, 2.24) is 0 Å². The first kappa shape index (κ1) is 10.8. The van der Waals surface area contributed by atoms with Gasteiger partial charge in [-0.05, 0) is 12.1 Å². The molecule has 0 bridgehead atoms. The first-order valence-corrected chi connectivity index (χ1v) is 4.65. The fourth-order valence-electron chi connectivity index (χ4n) is 1.16. The Morgan fingerprint density at radius 1 is 1.43 bits per heavy atom. The Morgan fingerprint density at radius 3 is 2.43 bits per heavy atom. The molecule has 0 spiro atoms. The standard InChI is InChI=1S/C11H12ClNO/c1-9(12)8-13(10(2)14)11-6-4-3-5-7-11/h3-7H,1,8H2,2H3. The lowest BCUT2D eigenvalue weighted by Gasteiger charge is -2.20. The van der Waals surface area contributed by atoms with Gasteiger partial charge in [-0.15, -0.1) is 0 Å². The predicted molar refractivity (Wildman–Crippen MR) is 59.5 cm³/mol. The highest BCUT2D eigenvalue weighted by Gasteiger charge is 2.10. The van der Waals surface area contributed by atoms with Crippen molar-refractivity contribution in [2.24, 2.45) is 0 Å². The van der Waals surface area contributed by atoms with Crippen LogP contribution in [0, 0.1) is 0 Å². The molecule has 0 aliphatic rings. The fraction of sp³-hybridized carbons (Fsp3) is 0.182. The van der Waals surface area contributed by atoms with Crippen molar-refractivity contribution in [3.8, 4) is 0 Å². The van der Waals surface area contributed by atoms with E-state index in [9.17, 15) is 4.79 Å². The number of rotatable bonds is 3. The summed E-state index contributed by atoms with van der Waals surface area (Å²) in [5.74, 6) is -0.0435. The van der Waals surface area contributed by atoms with Crippen LogP contribution in [0.1, 0.15) is 6.92 Å². The monoisotopic (exact) mass is 209 g/mol. The number of anilines is 1. The molecule has 0 aliphatic heterocycles. The molecule has 0 atom stereocenters. The molecule has 0 fully saturated rings. The van der Waals surface area contributed by atoms with Gasteiger partial charge in [-0.1, -0.05) is 36.4 Å². The second-order valence-corrected chi connectivity index (χ2v) is 3.49. The molecule has 1 aromatic rings. The van der Waals surface area contributed by atoms with E-state index in [1.807, 2.05) is 30.3 Å². The Morgan fingerprint density at radius 2 is 2.00 bits per heavy atom. The summed E-state index contributed by atoms with van der Waals surface area (Å²) in [6, 6.07) is 9.38. The van der Waals surface area contributed by atoms with Crippen LogP contribution in [0.3, 0.4) is 0 Å². The van der Waals surface area contributed by atoms with Crippen LogP contribution in [0.5, 0.6) is 0 Å². The van der Waals surface area contributed by atoms with Gasteiger partial charge in [0.05, 0.1) is 6.54 Å². The maximum absolute atomic E-state index is 11.3. The Hall–Kier alpha value is -1.28. The van der Waals surface area contributed by atoms with E-state index >= 15 is 0 Å². The third-order valence-corrected chi connectivity index (χ3v) is 1.90. The van der Waals surface area contributed by atoms with Gasteiger partial charge in [-0.3, -0.25) is 4.79 Å². The summed E-state index contributed by atoms with van der Waals surface area (Å²) in [5.41, 5.74) is 0.835. The molecule has 2 nitrogen and oxygen atoms in total. The molecule has 1 rings (SSSR count). The van der Waals surface area contributed by atoms with Gasteiger partial charge in [-0.25, -0.2) is 0 Å². The zero-order valence-electron chi connectivity index (χ0n) is 8.03. The molecule has 0 aliphatic carbocycles. The second-order valence-electron chi connectivity index (χ2n) is 2.96. The van der Waals surface area contributed by atoms with Gasteiger partial charge in [0.1, 0.15) is 0 Å². The Balaban J connectivity index is 2.89. The first-order chi connectivity index (χ1) is 6.61. The number of amides is 1. The molecule has 0 saturated heterocycles. The van der Waals surface area contributed by atoms with E-state index in [0.29, 0.717) is 11.6 Å². The van der Waals surface area contributed by atoms with Crippen molar-refractivity contribution >= 4 is 23.2 Å². The molecule has 1 amide bonds. The second kappa shape index (κ2) is 4.82. The SMILES string of the molecule is C=C(Cl)CN(C(C)=O)c1ccccc1. The van der Waals surface area contributed by atoms with E-state index in [4.69, 9.17) is 11.6 Å². The lowest BCUT2D eigenvalue weighted by molar-refractivity contribution is -0.116. The number of nitrogens with zero attached hydrogens (tertiary/aromatic N) is 1. The average molecular weight is 210 g/mol. The van der Waals surface area contributed by atoms with Crippen LogP contribution < -0.4 is 4.90 Å². The highest BCUT2D eigenvalue weighted by molar-refractivity contribution is 6.30. The smallest absolute Gasteiger partial charge is 0.224 e. The normalized spacial score (nSPS) is 9.57. The van der Waals surface area contributed by atoms with Crippen molar-refractivity contribution < 1.29 is 4.79 Å². The lowest BCUT2D eigenvalue weighted by atomic mass is 10.3. The third-order valence-electron chi connectivity index (χ3n) is 1.78. The number of halogens is 1. The van der Waals surface area contributed by atoms with Crippen LogP contribution >= 0.6 is 11.6 Å². The summed E-state index contributed by atoms with van der Waals surface area (Å²) >= 11 is 5.68. The summed E-state index contributed by atoms with van der Waals surface area (Å²) in [7, 11) is 0. The van der Waals surface area contributed by atoms with Crippen molar-refractivity contribution in [1.29, 1.82) is 0 Å². The van der Waals surface area contributed by atoms with Gasteiger partial charge < -0.3 is 4.90 Å². The summed E-state index contributed by atoms with van der Waals surface area (Å²) in [6.07, 6.45) is 0. The third kappa shape index (κ3) is 2.89. The quantitative estimate of drug-likeness (QED) is 0.750. The van der Waals surface area contributed by atoms with Gasteiger partial charge in [-0.2, -0.15) is 0 Å². The molecule has 0 saturated carbocycles. The molecule has 74 valence electrons. The number of carbonyl (C=O) groups excluding carboxylic acids is 1. The molecular formula is C11H12ClNO. The molecule has 14 heavy (non-hydrogen) atoms. The fourth-order valence-corrected chi connectivity index (χ4v) is 1.28. The zero-order valence-corrected chi connectivity index (χ0v) is 8.79. The number of hydrogen-bond acceptors (Lipinski definition) is 1. The van der Waals surface area contributed by atoms with E-state index in [-0.39, 0.29) is 5.91 Å². The average Bonchev–Trinajstić information content (AvgIpc) is 2.15. The van der Waals surface area contributed by atoms with Crippen LogP contribution in [0.2, 0.25) is 0 Å². The Bertz CT molecular complexity index is 334. The summed E-state index contributed by atoms with van der Waals surface area (Å²) in [6.45, 7) is 5.43. The number of carbonyl (C=O) groups is 1. The molecular weight excluding hydrogens is 198 g/mol. The number of para-hydroxylation sites is 1. The van der Waals surface area contributed by atoms with E-state index in [0.717, 1.165) is 5.69 Å². The van der Waals surface area contributed by atoms with Crippen LogP contribution in [0.15, 0.2) is 41.9 Å². The molecule has 0 heterocycles. The van der Waals surface area contributed by atoms with Crippen molar-refractivity contribution in [3.05, 3.63) is 41.9 Å². The van der Waals surface area contributed by atoms with Gasteiger partial charge in [0.25, 0.3) is 0 Å². The Labute approximate surface area is 88.8 Å². The van der Waals surface area contributed by atoms with Crippen LogP contribution in [0.4, 0.5) is 5.69 Å². The molecule has 0 radical (unpaired) electrons. The van der Waals surface area contributed by atoms with Crippen molar-refractivity contribution in [2.75, 3.05) is 11.4 Å². The van der Waals surface area contributed by atoms with Gasteiger partial charge in [0, 0.05) is 17.6 Å². The molecule has 0 unspecified atom stereocenters. The van der Waals surface area contributed by atoms with E-state index in [1.54, 1.807) is 4.90 Å². The minimum absolute atomic E-state index is 0.0435. The minimum Gasteiger partial charge on any atom is -0.307 e. The highest BCUT2D eigenvalue weighted by atomic mass is 35.5. The zero-order chi connectivity index (χ0) is 10.6. The topological polar surface area (TPSA) is 20.3 Å². The lowest BCUT2D eigenvalue weighted by Crippen LogP contribution is -2.29. The van der Waals surface area contributed by atoms with Crippen LogP contribution in [-0.4, -0.2) is 12.5 Å². The van der Waals surface area contributed by atoms with Gasteiger partial charge in [0.2, 0.25) is 5.91 Å². The van der Waals surface area contributed by atoms with E-state index in [1.165, 1.54) is 6.92 Å². The van der Waals surface area contributed by atoms with E-state index in [2.05, 4.69) is 6.58 Å². The van der Waals surface area contributed by atoms with Gasteiger partial charge >= 0.3 is 0 Å². The summed E-state index contributed by atoms with van der Waals surface area (Å²) in [5, 5.41) is 0.448. The molecule has 3 heteroatoms. The Kier molecular flexibility index (Phi) is 3.72. The highest BCUT2D eigenvalue weighted by Crippen LogP contribution is 2.15. The largest absolute Gasteiger partial charge is 0.307 e. The maximum atomic E-state index is 11.3. The van der Waals surface area contributed by atoms with Crippen LogP contribution in [-0.2, 0) is 4.79 Å². The minimum atomic E-state index is -0.0435. The van der Waals surface area contributed by atoms with Crippen molar-refractivity contribution in [3.63, 3.8) is 0 Å². The summed E-state index contributed by atoms with van der Waals surface area (Å²) < 4.78 is 0. The first-order valence-electron chi connectivity index (χ1n) is 4.27. The summed E-state index contributed by atoms with van der Waals surface area (Å²) in [4.78, 5) is 12.9. The van der Waals surface area contributed by atoms with Crippen LogP contribution in [0.25, 0.3) is 0 Å².